The molecule has 1 aromatic rings. The van der Waals surface area contributed by atoms with E-state index in [2.05, 4.69) is 5.10 Å². The third kappa shape index (κ3) is 2.85. The van der Waals surface area contributed by atoms with Crippen molar-refractivity contribution in [3.05, 3.63) is 11.9 Å². The monoisotopic (exact) mass is 224 g/mol. The third-order valence-electron chi connectivity index (χ3n) is 1.91. The topological polar surface area (TPSA) is 47.3 Å². The van der Waals surface area contributed by atoms with Crippen molar-refractivity contribution in [2.75, 3.05) is 7.11 Å². The summed E-state index contributed by atoms with van der Waals surface area (Å²) in [6.45, 7) is 0. The zero-order valence-electron chi connectivity index (χ0n) is 8.25. The first-order chi connectivity index (χ1) is 6.85. The Labute approximate surface area is 84.3 Å². The summed E-state index contributed by atoms with van der Waals surface area (Å²) in [5.74, 6) is 0.147. The first-order valence-corrected chi connectivity index (χ1v) is 4.16. The molecule has 0 saturated heterocycles. The van der Waals surface area contributed by atoms with E-state index in [9.17, 15) is 18.3 Å². The Hall–Kier alpha value is -1.24. The lowest BCUT2D eigenvalue weighted by Crippen LogP contribution is -2.16. The average Bonchev–Trinajstić information content (AvgIpc) is 2.43. The third-order valence-corrected chi connectivity index (χ3v) is 1.91. The standard InChI is InChI=1S/C8H11F3N2O2/c1-13-7(6(15-2)4-12-13)5(14)3-8(9,10)11/h4-5,14H,3H2,1-2H3. The molecule has 0 saturated carbocycles. The van der Waals surface area contributed by atoms with E-state index < -0.39 is 18.7 Å². The SMILES string of the molecule is COc1cnn(C)c1C(O)CC(F)(F)F. The zero-order valence-corrected chi connectivity index (χ0v) is 8.25. The summed E-state index contributed by atoms with van der Waals surface area (Å²) < 4.78 is 42.1. The Morgan fingerprint density at radius 2 is 2.20 bits per heavy atom. The predicted octanol–water partition coefficient (Wildman–Crippen LogP) is 1.41. The van der Waals surface area contributed by atoms with Gasteiger partial charge in [0.1, 0.15) is 11.8 Å². The van der Waals surface area contributed by atoms with Crippen molar-refractivity contribution >= 4 is 0 Å². The van der Waals surface area contributed by atoms with Gasteiger partial charge in [-0.15, -0.1) is 0 Å². The number of aliphatic hydroxyl groups excluding tert-OH is 1. The van der Waals surface area contributed by atoms with Crippen molar-refractivity contribution in [1.82, 2.24) is 9.78 Å². The minimum absolute atomic E-state index is 0.0230. The van der Waals surface area contributed by atoms with Gasteiger partial charge in [-0.25, -0.2) is 0 Å². The Morgan fingerprint density at radius 1 is 1.60 bits per heavy atom. The van der Waals surface area contributed by atoms with E-state index in [1.165, 1.54) is 20.4 Å². The van der Waals surface area contributed by atoms with Gasteiger partial charge < -0.3 is 9.84 Å². The molecule has 0 fully saturated rings. The molecular weight excluding hydrogens is 213 g/mol. The Balaban J connectivity index is 2.90. The highest BCUT2D eigenvalue weighted by Gasteiger charge is 2.34. The molecule has 1 rings (SSSR count). The highest BCUT2D eigenvalue weighted by Crippen LogP contribution is 2.33. The van der Waals surface area contributed by atoms with E-state index in [-0.39, 0.29) is 11.4 Å². The summed E-state index contributed by atoms with van der Waals surface area (Å²) in [4.78, 5) is 0. The predicted molar refractivity (Wildman–Crippen MR) is 45.4 cm³/mol. The maximum atomic E-state index is 12.0. The lowest BCUT2D eigenvalue weighted by atomic mass is 10.1. The molecule has 15 heavy (non-hydrogen) atoms. The Kier molecular flexibility index (Phi) is 3.23. The van der Waals surface area contributed by atoms with Crippen LogP contribution in [0.4, 0.5) is 13.2 Å². The van der Waals surface area contributed by atoms with Crippen molar-refractivity contribution in [3.8, 4) is 5.75 Å². The molecule has 0 aliphatic heterocycles. The second kappa shape index (κ2) is 4.09. The van der Waals surface area contributed by atoms with E-state index >= 15 is 0 Å². The van der Waals surface area contributed by atoms with Gasteiger partial charge in [0.2, 0.25) is 0 Å². The first kappa shape index (κ1) is 11.8. The lowest BCUT2D eigenvalue weighted by molar-refractivity contribution is -0.155. The van der Waals surface area contributed by atoms with Crippen molar-refractivity contribution < 1.29 is 23.0 Å². The quantitative estimate of drug-likeness (QED) is 0.844. The molecule has 1 N–H and O–H groups in total. The molecule has 0 aliphatic rings. The molecule has 86 valence electrons. The van der Waals surface area contributed by atoms with Gasteiger partial charge in [0.05, 0.1) is 19.7 Å². The summed E-state index contributed by atoms with van der Waals surface area (Å²) in [6, 6.07) is 0. The smallest absolute Gasteiger partial charge is 0.391 e. The maximum absolute atomic E-state index is 12.0. The summed E-state index contributed by atoms with van der Waals surface area (Å²) in [7, 11) is 2.75. The molecule has 1 unspecified atom stereocenters. The van der Waals surface area contributed by atoms with Crippen LogP contribution in [-0.4, -0.2) is 28.2 Å². The molecule has 1 atom stereocenters. The van der Waals surface area contributed by atoms with Crippen LogP contribution in [0.3, 0.4) is 0 Å². The van der Waals surface area contributed by atoms with Crippen LogP contribution < -0.4 is 4.74 Å². The van der Waals surface area contributed by atoms with Crippen LogP contribution in [-0.2, 0) is 7.05 Å². The van der Waals surface area contributed by atoms with Gasteiger partial charge in [-0.05, 0) is 0 Å². The van der Waals surface area contributed by atoms with Crippen molar-refractivity contribution in [3.63, 3.8) is 0 Å². The molecule has 0 amide bonds. The molecule has 0 aromatic carbocycles. The minimum Gasteiger partial charge on any atom is -0.493 e. The number of alkyl halides is 3. The van der Waals surface area contributed by atoms with Crippen molar-refractivity contribution in [2.45, 2.75) is 18.7 Å². The van der Waals surface area contributed by atoms with Crippen LogP contribution in [0.1, 0.15) is 18.2 Å². The zero-order chi connectivity index (χ0) is 11.6. The van der Waals surface area contributed by atoms with Gasteiger partial charge in [0.15, 0.2) is 5.75 Å². The molecule has 0 bridgehead atoms. The summed E-state index contributed by atoms with van der Waals surface area (Å²) >= 11 is 0. The molecule has 1 aromatic heterocycles. The number of aryl methyl sites for hydroxylation is 1. The van der Waals surface area contributed by atoms with Crippen LogP contribution in [0.25, 0.3) is 0 Å². The van der Waals surface area contributed by atoms with Crippen LogP contribution in [0.15, 0.2) is 6.20 Å². The fourth-order valence-electron chi connectivity index (χ4n) is 1.28. The van der Waals surface area contributed by atoms with Crippen LogP contribution >= 0.6 is 0 Å². The number of hydrogen-bond acceptors (Lipinski definition) is 3. The fraction of sp³-hybridized carbons (Fsp3) is 0.625. The molecule has 4 nitrogen and oxygen atoms in total. The van der Waals surface area contributed by atoms with E-state index in [1.807, 2.05) is 0 Å². The number of nitrogens with zero attached hydrogens (tertiary/aromatic N) is 2. The summed E-state index contributed by atoms with van der Waals surface area (Å²) in [6.07, 6.45) is -6.14. The van der Waals surface area contributed by atoms with Crippen LogP contribution in [0, 0.1) is 0 Å². The average molecular weight is 224 g/mol. The number of aliphatic hydroxyl groups is 1. The Morgan fingerprint density at radius 3 is 2.67 bits per heavy atom. The number of halogens is 3. The van der Waals surface area contributed by atoms with Gasteiger partial charge >= 0.3 is 6.18 Å². The first-order valence-electron chi connectivity index (χ1n) is 4.16. The second-order valence-electron chi connectivity index (χ2n) is 3.06. The van der Waals surface area contributed by atoms with E-state index in [0.29, 0.717) is 0 Å². The molecule has 0 spiro atoms. The number of ether oxygens (including phenoxy) is 1. The summed E-state index contributed by atoms with van der Waals surface area (Å²) in [5, 5.41) is 13.1. The van der Waals surface area contributed by atoms with E-state index in [1.54, 1.807) is 0 Å². The number of rotatable bonds is 3. The molecule has 0 radical (unpaired) electrons. The molecule has 1 heterocycles. The normalized spacial score (nSPS) is 14.0. The maximum Gasteiger partial charge on any atom is 0.391 e. The largest absolute Gasteiger partial charge is 0.493 e. The van der Waals surface area contributed by atoms with Crippen LogP contribution in [0.2, 0.25) is 0 Å². The van der Waals surface area contributed by atoms with Gasteiger partial charge in [0, 0.05) is 7.05 Å². The molecule has 0 aliphatic carbocycles. The number of hydrogen-bond donors (Lipinski definition) is 1. The Bertz CT molecular complexity index is 335. The molecular formula is C8H11F3N2O2. The van der Waals surface area contributed by atoms with Gasteiger partial charge in [-0.3, -0.25) is 4.68 Å². The van der Waals surface area contributed by atoms with Gasteiger partial charge in [-0.1, -0.05) is 0 Å². The molecule has 7 heteroatoms. The number of aromatic nitrogens is 2. The van der Waals surface area contributed by atoms with E-state index in [0.717, 1.165) is 4.68 Å². The van der Waals surface area contributed by atoms with Crippen molar-refractivity contribution in [2.24, 2.45) is 7.05 Å². The fourth-order valence-corrected chi connectivity index (χ4v) is 1.28. The lowest BCUT2D eigenvalue weighted by Gasteiger charge is -2.14. The number of methoxy groups -OCH3 is 1. The van der Waals surface area contributed by atoms with Crippen LogP contribution in [0.5, 0.6) is 5.75 Å². The summed E-state index contributed by atoms with van der Waals surface area (Å²) in [5.41, 5.74) is 0.0230. The van der Waals surface area contributed by atoms with Crippen molar-refractivity contribution in [1.29, 1.82) is 0 Å². The second-order valence-corrected chi connectivity index (χ2v) is 3.06. The van der Waals surface area contributed by atoms with E-state index in [4.69, 9.17) is 4.74 Å². The highest BCUT2D eigenvalue weighted by molar-refractivity contribution is 5.27. The highest BCUT2D eigenvalue weighted by atomic mass is 19.4. The van der Waals surface area contributed by atoms with Gasteiger partial charge in [-0.2, -0.15) is 18.3 Å². The minimum atomic E-state index is -4.42. The van der Waals surface area contributed by atoms with Gasteiger partial charge in [0.25, 0.3) is 0 Å².